The van der Waals surface area contributed by atoms with Gasteiger partial charge in [0.05, 0.1) is 31.4 Å². The van der Waals surface area contributed by atoms with Gasteiger partial charge in [0, 0.05) is 6.04 Å². The van der Waals surface area contributed by atoms with Crippen LogP contribution >= 0.6 is 19.2 Å². The van der Waals surface area contributed by atoms with Crippen molar-refractivity contribution in [1.29, 1.82) is 0 Å². The number of hydrogen-bond acceptors (Lipinski definition) is 12. The molecule has 0 radical (unpaired) electrons. The third kappa shape index (κ3) is 5.94. The number of aliphatic hydroxyl groups excluding tert-OH is 3. The van der Waals surface area contributed by atoms with Crippen LogP contribution in [0, 0.1) is 0 Å². The lowest BCUT2D eigenvalue weighted by Crippen LogP contribution is -2.45. The molecule has 2 aromatic rings. The third-order valence-corrected chi connectivity index (χ3v) is 8.18. The van der Waals surface area contributed by atoms with Crippen molar-refractivity contribution >= 4 is 42.0 Å². The highest BCUT2D eigenvalue weighted by atomic mass is 35.5. The number of aromatic nitrogens is 4. The van der Waals surface area contributed by atoms with E-state index in [0.29, 0.717) is 11.2 Å². The van der Waals surface area contributed by atoms with Crippen molar-refractivity contribution in [2.75, 3.05) is 31.7 Å². The van der Waals surface area contributed by atoms with E-state index in [9.17, 15) is 34.5 Å². The Bertz CT molecular complexity index is 1190. The Kier molecular flexibility index (Phi) is 8.88. The quantitative estimate of drug-likeness (QED) is 0.123. The van der Waals surface area contributed by atoms with Crippen molar-refractivity contribution in [2.45, 2.75) is 61.6 Å². The fourth-order valence-corrected chi connectivity index (χ4v) is 5.31. The molecule has 1 saturated carbocycles. The first kappa shape index (κ1) is 29.0. The van der Waals surface area contributed by atoms with Crippen molar-refractivity contribution in [2.24, 2.45) is 0 Å². The molecule has 18 heteroatoms. The molecule has 0 amide bonds. The highest BCUT2D eigenvalue weighted by molar-refractivity contribution is 7.53. The van der Waals surface area contributed by atoms with E-state index < -0.39 is 69.9 Å². The number of hydrogen-bond donors (Lipinski definition) is 7. The fourth-order valence-electron chi connectivity index (χ4n) is 4.46. The number of rotatable bonds is 12. The monoisotopic (exact) mass is 581 g/mol. The fraction of sp³-hybridized carbons (Fsp3) is 0.700. The number of fused-ring (bicyclic) bond motifs is 1. The van der Waals surface area contributed by atoms with E-state index >= 15 is 0 Å². The molecule has 0 bridgehead atoms. The van der Waals surface area contributed by atoms with Crippen molar-refractivity contribution in [3.05, 3.63) is 11.5 Å². The number of nitrogens with one attached hydrogen (secondary N) is 1. The van der Waals surface area contributed by atoms with Gasteiger partial charge in [-0.25, -0.2) is 9.48 Å². The lowest BCUT2D eigenvalue weighted by atomic mass is 10.1. The van der Waals surface area contributed by atoms with Crippen LogP contribution < -0.4 is 5.32 Å². The molecule has 5 atom stereocenters. The van der Waals surface area contributed by atoms with E-state index in [1.807, 2.05) is 0 Å². The minimum Gasteiger partial charge on any atom is -0.480 e. The first-order valence-electron chi connectivity index (χ1n) is 11.7. The molecule has 0 unspecified atom stereocenters. The average molecular weight is 582 g/mol. The number of anilines is 1. The van der Waals surface area contributed by atoms with Gasteiger partial charge in [-0.1, -0.05) is 12.8 Å². The number of aliphatic carboxylic acids is 1. The van der Waals surface area contributed by atoms with Crippen LogP contribution in [-0.4, -0.2) is 112 Å². The minimum atomic E-state index is -5.22. The van der Waals surface area contributed by atoms with E-state index in [2.05, 4.69) is 20.4 Å². The van der Waals surface area contributed by atoms with Crippen LogP contribution in [0.3, 0.4) is 0 Å². The van der Waals surface area contributed by atoms with E-state index in [0.717, 1.165) is 25.7 Å². The zero-order chi connectivity index (χ0) is 27.7. The second-order valence-electron chi connectivity index (χ2n) is 9.19. The summed E-state index contributed by atoms with van der Waals surface area (Å²) in [5, 5.41) is 45.1. The van der Waals surface area contributed by atoms with Gasteiger partial charge in [-0.3, -0.25) is 4.57 Å². The number of carboxylic acid groups (broad SMARTS) is 1. The summed E-state index contributed by atoms with van der Waals surface area (Å²) in [5.41, 5.74) is 0.213. The Labute approximate surface area is 220 Å². The second-order valence-corrected chi connectivity index (χ2v) is 11.4. The molecule has 0 aromatic carbocycles. The molecule has 1 saturated heterocycles. The van der Waals surface area contributed by atoms with Gasteiger partial charge in [0.25, 0.3) is 0 Å². The Balaban J connectivity index is 1.52. The van der Waals surface area contributed by atoms with Crippen molar-refractivity contribution in [3.63, 3.8) is 0 Å². The molecule has 2 aliphatic rings. The first-order valence-corrected chi connectivity index (χ1v) is 13.7. The number of aliphatic hydroxyl groups is 3. The highest BCUT2D eigenvalue weighted by Crippen LogP contribution is 2.51. The van der Waals surface area contributed by atoms with Gasteiger partial charge in [-0.05, 0) is 24.4 Å². The Morgan fingerprint density at radius 1 is 1.26 bits per heavy atom. The van der Waals surface area contributed by atoms with Crippen molar-refractivity contribution < 1.29 is 53.8 Å². The third-order valence-electron chi connectivity index (χ3n) is 6.55. The van der Waals surface area contributed by atoms with Crippen LogP contribution in [0.4, 0.5) is 5.82 Å². The first-order chi connectivity index (χ1) is 18.0. The molecule has 3 heterocycles. The SMILES string of the molecule is O=C(O)COC[C@](CO)(OC[C@H]1O[C@@H](n2ncc3c(NC4CCCC4)nc(Cl)nc32)[C@H](O)[C@@H]1O)P(=O)(O)O. The molecule has 212 valence electrons. The standard InChI is InChI=1S/C20H29ClN5O11P/c21-19-24-16(23-10-3-1-2-4-10)11-5-22-26(17(11)25-19)18-15(31)14(30)12(37-18)6-36-20(8-27,38(32,33)34)9-35-7-13(28)29/h5,10,12,14-15,18,27,30-31H,1-4,6-9H2,(H,28,29)(H,23,24,25)(H2,32,33,34)/t12-,14-,15-,18-,20-/m1/s1. The van der Waals surface area contributed by atoms with E-state index in [1.165, 1.54) is 10.9 Å². The lowest BCUT2D eigenvalue weighted by molar-refractivity contribution is -0.150. The number of ether oxygens (including phenoxy) is 3. The predicted molar refractivity (Wildman–Crippen MR) is 128 cm³/mol. The van der Waals surface area contributed by atoms with E-state index in [-0.39, 0.29) is 17.0 Å². The van der Waals surface area contributed by atoms with Crippen LogP contribution in [0.25, 0.3) is 11.0 Å². The summed E-state index contributed by atoms with van der Waals surface area (Å²) < 4.78 is 29.1. The van der Waals surface area contributed by atoms with Gasteiger partial charge in [-0.2, -0.15) is 15.1 Å². The summed E-state index contributed by atoms with van der Waals surface area (Å²) in [7, 11) is -5.22. The number of halogens is 1. The van der Waals surface area contributed by atoms with Crippen LogP contribution in [-0.2, 0) is 23.6 Å². The maximum absolute atomic E-state index is 12.1. The molecular weight excluding hydrogens is 553 g/mol. The molecule has 38 heavy (non-hydrogen) atoms. The zero-order valence-corrected chi connectivity index (χ0v) is 21.6. The number of carbonyl (C=O) groups is 1. The highest BCUT2D eigenvalue weighted by Gasteiger charge is 2.51. The molecule has 1 aliphatic heterocycles. The summed E-state index contributed by atoms with van der Waals surface area (Å²) in [5.74, 6) is -0.943. The molecule has 1 aliphatic carbocycles. The topological polar surface area (TPSA) is 239 Å². The predicted octanol–water partition coefficient (Wildman–Crippen LogP) is -0.563. The van der Waals surface area contributed by atoms with Crippen molar-refractivity contribution in [1.82, 2.24) is 19.7 Å². The van der Waals surface area contributed by atoms with Gasteiger partial charge >= 0.3 is 13.6 Å². The number of nitrogens with zero attached hydrogens (tertiary/aromatic N) is 4. The van der Waals surface area contributed by atoms with Crippen LogP contribution in [0.5, 0.6) is 0 Å². The molecule has 16 nitrogen and oxygen atoms in total. The normalized spacial score (nSPS) is 26.2. The molecule has 0 spiro atoms. The van der Waals surface area contributed by atoms with Crippen molar-refractivity contribution in [3.8, 4) is 0 Å². The average Bonchev–Trinajstić information content (AvgIpc) is 3.56. The molecule has 4 rings (SSSR count). The maximum atomic E-state index is 12.1. The van der Waals surface area contributed by atoms with Crippen LogP contribution in [0.15, 0.2) is 6.20 Å². The summed E-state index contributed by atoms with van der Waals surface area (Å²) >= 11 is 6.14. The van der Waals surface area contributed by atoms with Gasteiger partial charge in [0.15, 0.2) is 11.9 Å². The smallest absolute Gasteiger partial charge is 0.361 e. The second kappa shape index (κ2) is 11.6. The zero-order valence-electron chi connectivity index (χ0n) is 20.0. The van der Waals surface area contributed by atoms with Gasteiger partial charge in [0.1, 0.15) is 30.7 Å². The van der Waals surface area contributed by atoms with Crippen LogP contribution in [0.2, 0.25) is 5.28 Å². The van der Waals surface area contributed by atoms with Gasteiger partial charge in [0.2, 0.25) is 10.6 Å². The van der Waals surface area contributed by atoms with Gasteiger partial charge in [-0.15, -0.1) is 0 Å². The summed E-state index contributed by atoms with van der Waals surface area (Å²) in [6.45, 7) is -3.81. The summed E-state index contributed by atoms with van der Waals surface area (Å²) in [6.07, 6.45) is -0.195. The lowest BCUT2D eigenvalue weighted by Gasteiger charge is -2.33. The molecule has 2 aromatic heterocycles. The summed E-state index contributed by atoms with van der Waals surface area (Å²) in [4.78, 5) is 38.7. The van der Waals surface area contributed by atoms with E-state index in [4.69, 9.17) is 30.9 Å². The molecule has 2 fully saturated rings. The minimum absolute atomic E-state index is 0.0802. The Hall–Kier alpha value is -1.98. The Morgan fingerprint density at radius 3 is 2.61 bits per heavy atom. The summed E-state index contributed by atoms with van der Waals surface area (Å²) in [6, 6.07) is 0.212. The Morgan fingerprint density at radius 2 is 1.97 bits per heavy atom. The number of carboxylic acids is 1. The maximum Gasteiger partial charge on any atom is 0.361 e. The molecule has 7 N–H and O–H groups in total. The van der Waals surface area contributed by atoms with Crippen LogP contribution in [0.1, 0.15) is 31.9 Å². The van der Waals surface area contributed by atoms with E-state index in [1.54, 1.807) is 0 Å². The molecular formula is C20H29ClN5O11P. The largest absolute Gasteiger partial charge is 0.480 e. The van der Waals surface area contributed by atoms with Gasteiger partial charge < -0.3 is 49.7 Å².